The van der Waals surface area contributed by atoms with Gasteiger partial charge in [-0.2, -0.15) is 4.79 Å². The molecule has 19 heavy (non-hydrogen) atoms. The van der Waals surface area contributed by atoms with Crippen LogP contribution in [0.5, 0.6) is 0 Å². The fourth-order valence-corrected chi connectivity index (χ4v) is 1.39. The monoisotopic (exact) mass is 262 g/mol. The zero-order chi connectivity index (χ0) is 14.3. The zero-order valence-electron chi connectivity index (χ0n) is 10.8. The van der Waals surface area contributed by atoms with Crippen LogP contribution in [0.2, 0.25) is 0 Å². The third-order valence-electron chi connectivity index (χ3n) is 2.24. The number of carbonyl (C=O) groups excluding carboxylic acids is 2. The van der Waals surface area contributed by atoms with E-state index in [0.717, 1.165) is 0 Å². The summed E-state index contributed by atoms with van der Waals surface area (Å²) in [6.07, 6.45) is 0. The minimum atomic E-state index is -0.728. The number of hydrogen-bond acceptors (Lipinski definition) is 4. The van der Waals surface area contributed by atoms with Gasteiger partial charge in [-0.1, -0.05) is 0 Å². The zero-order valence-corrected chi connectivity index (χ0v) is 10.8. The second-order valence-electron chi connectivity index (χ2n) is 3.47. The SMILES string of the molecule is CCOC(=O)C(=[N+]=[N-])c1ccc(C(=O)OCC)cc1. The molecular formula is C13H14N2O4. The average Bonchev–Trinajstić information content (AvgIpc) is 2.41. The van der Waals surface area contributed by atoms with Crippen LogP contribution in [0.15, 0.2) is 24.3 Å². The Bertz CT molecular complexity index is 516. The van der Waals surface area contributed by atoms with Crippen molar-refractivity contribution in [1.29, 1.82) is 0 Å². The maximum atomic E-state index is 11.5. The number of ether oxygens (including phenoxy) is 2. The van der Waals surface area contributed by atoms with Crippen LogP contribution in [-0.4, -0.2) is 35.7 Å². The van der Waals surface area contributed by atoms with Gasteiger partial charge in [0, 0.05) is 0 Å². The Morgan fingerprint density at radius 2 is 1.58 bits per heavy atom. The minimum absolute atomic E-state index is 0.179. The van der Waals surface area contributed by atoms with Gasteiger partial charge in [0.2, 0.25) is 0 Å². The Hall–Kier alpha value is -2.46. The van der Waals surface area contributed by atoms with Gasteiger partial charge in [0.1, 0.15) is 0 Å². The number of nitrogens with zero attached hydrogens (tertiary/aromatic N) is 2. The van der Waals surface area contributed by atoms with Gasteiger partial charge < -0.3 is 15.0 Å². The predicted octanol–water partition coefficient (Wildman–Crippen LogP) is 1.45. The molecule has 0 aliphatic rings. The molecule has 0 N–H and O–H groups in total. The number of rotatable bonds is 5. The summed E-state index contributed by atoms with van der Waals surface area (Å²) in [5.74, 6) is -1.18. The van der Waals surface area contributed by atoms with Gasteiger partial charge in [0.05, 0.1) is 24.3 Å². The van der Waals surface area contributed by atoms with E-state index < -0.39 is 11.9 Å². The van der Waals surface area contributed by atoms with Crippen molar-refractivity contribution in [2.45, 2.75) is 13.8 Å². The first-order valence-electron chi connectivity index (χ1n) is 5.80. The maximum Gasteiger partial charge on any atom is 0.422 e. The van der Waals surface area contributed by atoms with Crippen molar-refractivity contribution in [2.75, 3.05) is 13.2 Å². The summed E-state index contributed by atoms with van der Waals surface area (Å²) in [5.41, 5.74) is 9.33. The maximum absolute atomic E-state index is 11.5. The predicted molar refractivity (Wildman–Crippen MR) is 66.8 cm³/mol. The molecule has 0 amide bonds. The average molecular weight is 262 g/mol. The number of hydrogen-bond donors (Lipinski definition) is 0. The molecule has 0 saturated carbocycles. The van der Waals surface area contributed by atoms with E-state index in [1.165, 1.54) is 24.3 Å². The first-order chi connectivity index (χ1) is 9.13. The molecule has 1 aromatic carbocycles. The second-order valence-corrected chi connectivity index (χ2v) is 3.47. The van der Waals surface area contributed by atoms with Crippen molar-refractivity contribution in [3.63, 3.8) is 0 Å². The molecule has 0 unspecified atom stereocenters. The third kappa shape index (κ3) is 3.76. The molecule has 0 saturated heterocycles. The van der Waals surface area contributed by atoms with E-state index in [2.05, 4.69) is 4.79 Å². The van der Waals surface area contributed by atoms with Crippen molar-refractivity contribution >= 4 is 17.7 Å². The normalized spacial score (nSPS) is 9.37. The van der Waals surface area contributed by atoms with Gasteiger partial charge in [-0.15, -0.1) is 0 Å². The summed E-state index contributed by atoms with van der Waals surface area (Å²) in [6, 6.07) is 5.94. The molecule has 0 aromatic heterocycles. The molecular weight excluding hydrogens is 248 g/mol. The number of benzene rings is 1. The van der Waals surface area contributed by atoms with Gasteiger partial charge in [-0.3, -0.25) is 0 Å². The second kappa shape index (κ2) is 7.08. The minimum Gasteiger partial charge on any atom is -0.462 e. The van der Waals surface area contributed by atoms with Gasteiger partial charge in [-0.25, -0.2) is 9.59 Å². The summed E-state index contributed by atoms with van der Waals surface area (Å²) in [4.78, 5) is 25.8. The molecule has 100 valence electrons. The molecule has 6 nitrogen and oxygen atoms in total. The van der Waals surface area contributed by atoms with E-state index in [1.807, 2.05) is 0 Å². The molecule has 0 spiro atoms. The molecule has 0 bridgehead atoms. The topological polar surface area (TPSA) is 89.0 Å². The van der Waals surface area contributed by atoms with Crippen LogP contribution < -0.4 is 0 Å². The highest BCUT2D eigenvalue weighted by molar-refractivity contribution is 6.40. The lowest BCUT2D eigenvalue weighted by molar-refractivity contribution is -0.139. The first-order valence-corrected chi connectivity index (χ1v) is 5.80. The van der Waals surface area contributed by atoms with Crippen molar-refractivity contribution in [2.24, 2.45) is 0 Å². The van der Waals surface area contributed by atoms with Crippen LogP contribution in [0, 0.1) is 0 Å². The third-order valence-corrected chi connectivity index (χ3v) is 2.24. The number of carbonyl (C=O) groups is 2. The Morgan fingerprint density at radius 3 is 2.05 bits per heavy atom. The van der Waals surface area contributed by atoms with Crippen molar-refractivity contribution < 1.29 is 23.9 Å². The van der Waals surface area contributed by atoms with Gasteiger partial charge in [-0.05, 0) is 38.1 Å². The Balaban J connectivity index is 2.94. The smallest absolute Gasteiger partial charge is 0.422 e. The lowest BCUT2D eigenvalue weighted by atomic mass is 10.1. The summed E-state index contributed by atoms with van der Waals surface area (Å²) in [5, 5.41) is 0. The summed E-state index contributed by atoms with van der Waals surface area (Å²) >= 11 is 0. The molecule has 0 aliphatic carbocycles. The molecule has 0 fully saturated rings. The van der Waals surface area contributed by atoms with Gasteiger partial charge in [0.15, 0.2) is 0 Å². The van der Waals surface area contributed by atoms with Crippen molar-refractivity contribution in [1.82, 2.24) is 0 Å². The molecule has 0 atom stereocenters. The van der Waals surface area contributed by atoms with E-state index in [0.29, 0.717) is 11.1 Å². The standard InChI is InChI=1S/C13H14N2O4/c1-3-18-12(16)10-7-5-9(6-8-10)11(15-14)13(17)19-4-2/h5-8H,3-4H2,1-2H3. The highest BCUT2D eigenvalue weighted by Gasteiger charge is 2.24. The Morgan fingerprint density at radius 1 is 1.05 bits per heavy atom. The number of esters is 2. The van der Waals surface area contributed by atoms with Crippen LogP contribution in [0.3, 0.4) is 0 Å². The highest BCUT2D eigenvalue weighted by atomic mass is 16.5. The van der Waals surface area contributed by atoms with E-state index >= 15 is 0 Å². The van der Waals surface area contributed by atoms with Gasteiger partial charge >= 0.3 is 17.7 Å². The largest absolute Gasteiger partial charge is 0.462 e. The lowest BCUT2D eigenvalue weighted by Gasteiger charge is -2.02. The molecule has 1 rings (SSSR count). The molecule has 0 aliphatic heterocycles. The fraction of sp³-hybridized carbons (Fsp3) is 0.308. The first kappa shape index (κ1) is 14.6. The van der Waals surface area contributed by atoms with E-state index in [4.69, 9.17) is 15.0 Å². The van der Waals surface area contributed by atoms with Crippen molar-refractivity contribution in [3.8, 4) is 0 Å². The van der Waals surface area contributed by atoms with Gasteiger partial charge in [0.25, 0.3) is 0 Å². The van der Waals surface area contributed by atoms with Crippen LogP contribution in [-0.2, 0) is 14.3 Å². The van der Waals surface area contributed by atoms with E-state index in [9.17, 15) is 9.59 Å². The summed E-state index contributed by atoms with van der Waals surface area (Å²) in [7, 11) is 0. The molecule has 0 radical (unpaired) electrons. The molecule has 1 aromatic rings. The highest BCUT2D eigenvalue weighted by Crippen LogP contribution is 2.07. The Kier molecular flexibility index (Phi) is 5.44. The van der Waals surface area contributed by atoms with Crippen LogP contribution in [0.25, 0.3) is 5.53 Å². The lowest BCUT2D eigenvalue weighted by Crippen LogP contribution is -2.20. The quantitative estimate of drug-likeness (QED) is 0.347. The Labute approximate surface area is 110 Å². The summed E-state index contributed by atoms with van der Waals surface area (Å²) in [6.45, 7) is 3.83. The molecule has 0 heterocycles. The molecule has 6 heteroatoms. The van der Waals surface area contributed by atoms with Crippen LogP contribution >= 0.6 is 0 Å². The fourth-order valence-electron chi connectivity index (χ4n) is 1.39. The van der Waals surface area contributed by atoms with E-state index in [1.54, 1.807) is 13.8 Å². The van der Waals surface area contributed by atoms with Crippen molar-refractivity contribution in [3.05, 3.63) is 40.9 Å². The van der Waals surface area contributed by atoms with Crippen LogP contribution in [0.1, 0.15) is 29.8 Å². The summed E-state index contributed by atoms with van der Waals surface area (Å²) < 4.78 is 9.57. The van der Waals surface area contributed by atoms with E-state index in [-0.39, 0.29) is 18.9 Å². The van der Waals surface area contributed by atoms with Crippen LogP contribution in [0.4, 0.5) is 0 Å².